The zero-order chi connectivity index (χ0) is 20.1. The number of carbonyl (C=O) groups excluding carboxylic acids is 4. The van der Waals surface area contributed by atoms with Gasteiger partial charge in [-0.25, -0.2) is 9.29 Å². The van der Waals surface area contributed by atoms with Gasteiger partial charge in [0.05, 0.1) is 18.2 Å². The largest absolute Gasteiger partial charge is 0.461 e. The Morgan fingerprint density at radius 1 is 1.39 bits per heavy atom. The van der Waals surface area contributed by atoms with Gasteiger partial charge in [0.2, 0.25) is 5.91 Å². The molecule has 1 aromatic carbocycles. The second-order valence-corrected chi connectivity index (χ2v) is 6.83. The van der Waals surface area contributed by atoms with Gasteiger partial charge in [-0.15, -0.1) is 0 Å². The third kappa shape index (κ3) is 2.54. The second-order valence-electron chi connectivity index (χ2n) is 6.83. The lowest BCUT2D eigenvalue weighted by Crippen LogP contribution is -2.42. The second kappa shape index (κ2) is 6.52. The normalized spacial score (nSPS) is 26.3. The first-order valence-corrected chi connectivity index (χ1v) is 8.76. The summed E-state index contributed by atoms with van der Waals surface area (Å²) < 4.78 is 24.8. The number of ether oxygens (including phenoxy) is 2. The average molecular weight is 388 g/mol. The van der Waals surface area contributed by atoms with Crippen molar-refractivity contribution in [1.29, 1.82) is 0 Å². The van der Waals surface area contributed by atoms with Crippen LogP contribution in [-0.4, -0.2) is 50.1 Å². The third-order valence-corrected chi connectivity index (χ3v) is 5.23. The first-order chi connectivity index (χ1) is 13.4. The number of nitrogens with zero attached hydrogens (tertiary/aromatic N) is 2. The molecule has 0 N–H and O–H groups in total. The van der Waals surface area contributed by atoms with Crippen LogP contribution in [0, 0.1) is 17.2 Å². The molecule has 2 aliphatic heterocycles. The van der Waals surface area contributed by atoms with Gasteiger partial charge in [0.15, 0.2) is 5.41 Å². The van der Waals surface area contributed by atoms with Crippen LogP contribution in [0.15, 0.2) is 30.9 Å². The number of hydrogen-bond acceptors (Lipinski definition) is 6. The third-order valence-electron chi connectivity index (χ3n) is 5.23. The van der Waals surface area contributed by atoms with Gasteiger partial charge in [0.1, 0.15) is 19.0 Å². The fraction of sp³-hybridized carbons (Fsp3) is 0.368. The molecule has 0 radical (unpaired) electrons. The van der Waals surface area contributed by atoms with E-state index in [1.807, 2.05) is 0 Å². The number of halogens is 1. The summed E-state index contributed by atoms with van der Waals surface area (Å²) in [5, 5.41) is 0. The van der Waals surface area contributed by atoms with Gasteiger partial charge in [0, 0.05) is 12.2 Å². The minimum atomic E-state index is -1.56. The van der Waals surface area contributed by atoms with Crippen molar-refractivity contribution in [3.05, 3.63) is 36.7 Å². The summed E-state index contributed by atoms with van der Waals surface area (Å²) in [5.41, 5.74) is -1.51. The highest BCUT2D eigenvalue weighted by Gasteiger charge is 2.77. The van der Waals surface area contributed by atoms with Gasteiger partial charge >= 0.3 is 5.97 Å². The molecule has 8 nitrogen and oxygen atoms in total. The lowest BCUT2D eigenvalue weighted by atomic mass is 10.1. The minimum absolute atomic E-state index is 0.0686. The minimum Gasteiger partial charge on any atom is -0.461 e. The molecule has 2 unspecified atom stereocenters. The van der Waals surface area contributed by atoms with E-state index < -0.39 is 34.9 Å². The predicted molar refractivity (Wildman–Crippen MR) is 93.8 cm³/mol. The molecule has 0 bridgehead atoms. The predicted octanol–water partition coefficient (Wildman–Crippen LogP) is 0.798. The lowest BCUT2D eigenvalue weighted by molar-refractivity contribution is -0.152. The molecule has 1 saturated carbocycles. The molecular formula is C19H17FN2O6. The Morgan fingerprint density at radius 2 is 2.18 bits per heavy atom. The number of imide groups is 1. The van der Waals surface area contributed by atoms with Crippen molar-refractivity contribution >= 4 is 35.1 Å². The quantitative estimate of drug-likeness (QED) is 0.321. The van der Waals surface area contributed by atoms with Crippen LogP contribution in [0.5, 0.6) is 0 Å². The van der Waals surface area contributed by atoms with Crippen LogP contribution in [0.4, 0.5) is 15.8 Å². The SMILES string of the molecule is C=CCOC(=O)C12CC1C(=O)N(c1ccc(N3CCOCC3=O)cc1F)C2=O. The van der Waals surface area contributed by atoms with Crippen molar-refractivity contribution in [3.8, 4) is 0 Å². The zero-order valence-corrected chi connectivity index (χ0v) is 14.9. The van der Waals surface area contributed by atoms with E-state index in [1.165, 1.54) is 23.1 Å². The number of morpholine rings is 1. The van der Waals surface area contributed by atoms with E-state index >= 15 is 0 Å². The molecule has 3 amide bonds. The molecule has 1 aromatic rings. The number of hydrogen-bond donors (Lipinski definition) is 0. The molecule has 3 aliphatic rings. The maximum absolute atomic E-state index is 14.8. The number of anilines is 2. The molecule has 9 heteroatoms. The van der Waals surface area contributed by atoms with Crippen LogP contribution in [0.25, 0.3) is 0 Å². The fourth-order valence-electron chi connectivity index (χ4n) is 3.69. The van der Waals surface area contributed by atoms with Crippen molar-refractivity contribution in [2.45, 2.75) is 6.42 Å². The van der Waals surface area contributed by atoms with E-state index in [1.54, 1.807) is 0 Å². The maximum atomic E-state index is 14.8. The molecule has 3 fully saturated rings. The number of carbonyl (C=O) groups is 4. The summed E-state index contributed by atoms with van der Waals surface area (Å²) in [6.07, 6.45) is 1.43. The van der Waals surface area contributed by atoms with Crippen molar-refractivity contribution in [1.82, 2.24) is 0 Å². The van der Waals surface area contributed by atoms with Crippen LogP contribution >= 0.6 is 0 Å². The monoisotopic (exact) mass is 388 g/mol. The van der Waals surface area contributed by atoms with Crippen molar-refractivity contribution in [3.63, 3.8) is 0 Å². The smallest absolute Gasteiger partial charge is 0.322 e. The average Bonchev–Trinajstić information content (AvgIpc) is 3.40. The summed E-state index contributed by atoms with van der Waals surface area (Å²) in [6.45, 7) is 3.87. The van der Waals surface area contributed by atoms with Gasteiger partial charge in [-0.3, -0.25) is 19.2 Å². The molecule has 2 atom stereocenters. The number of piperidine rings is 1. The Morgan fingerprint density at radius 3 is 2.86 bits per heavy atom. The summed E-state index contributed by atoms with van der Waals surface area (Å²) in [4.78, 5) is 51.6. The highest BCUT2D eigenvalue weighted by atomic mass is 19.1. The molecule has 4 rings (SSSR count). The molecule has 1 aliphatic carbocycles. The fourth-order valence-corrected chi connectivity index (χ4v) is 3.69. The zero-order valence-electron chi connectivity index (χ0n) is 14.9. The summed E-state index contributed by atoms with van der Waals surface area (Å²) in [7, 11) is 0. The van der Waals surface area contributed by atoms with Gasteiger partial charge in [-0.2, -0.15) is 0 Å². The summed E-state index contributed by atoms with van der Waals surface area (Å²) in [5.74, 6) is -4.20. The van der Waals surface area contributed by atoms with E-state index in [9.17, 15) is 23.6 Å². The van der Waals surface area contributed by atoms with E-state index in [4.69, 9.17) is 9.47 Å². The molecule has 146 valence electrons. The molecule has 0 aromatic heterocycles. The Hall–Kier alpha value is -3.07. The van der Waals surface area contributed by atoms with Crippen molar-refractivity contribution in [2.75, 3.05) is 36.2 Å². The van der Waals surface area contributed by atoms with Crippen LogP contribution in [0.3, 0.4) is 0 Å². The Kier molecular flexibility index (Phi) is 4.26. The van der Waals surface area contributed by atoms with Crippen LogP contribution < -0.4 is 9.80 Å². The van der Waals surface area contributed by atoms with E-state index in [0.717, 1.165) is 6.07 Å². The molecule has 2 heterocycles. The molecule has 0 spiro atoms. The van der Waals surface area contributed by atoms with Crippen molar-refractivity contribution < 1.29 is 33.0 Å². The standard InChI is InChI=1S/C19H17FN2O6/c1-2-6-28-18(26)19-9-12(19)16(24)22(17(19)25)14-4-3-11(8-13(14)20)21-5-7-27-10-15(21)23/h2-4,8,12H,1,5-7,9-10H2. The van der Waals surface area contributed by atoms with Crippen molar-refractivity contribution in [2.24, 2.45) is 11.3 Å². The van der Waals surface area contributed by atoms with E-state index in [0.29, 0.717) is 17.2 Å². The first-order valence-electron chi connectivity index (χ1n) is 8.76. The maximum Gasteiger partial charge on any atom is 0.322 e. The summed E-state index contributed by atoms with van der Waals surface area (Å²) in [6, 6.07) is 3.80. The topological polar surface area (TPSA) is 93.2 Å². The van der Waals surface area contributed by atoms with Gasteiger partial charge in [-0.05, 0) is 24.6 Å². The Bertz CT molecular complexity index is 916. The van der Waals surface area contributed by atoms with Gasteiger partial charge in [-0.1, -0.05) is 12.7 Å². The van der Waals surface area contributed by atoms with Gasteiger partial charge in [0.25, 0.3) is 11.8 Å². The lowest BCUT2D eigenvalue weighted by Gasteiger charge is -2.27. The first kappa shape index (κ1) is 18.3. The van der Waals surface area contributed by atoms with Crippen LogP contribution in [-0.2, 0) is 28.7 Å². The number of amides is 3. The number of benzene rings is 1. The van der Waals surface area contributed by atoms with Crippen LogP contribution in [0.2, 0.25) is 0 Å². The summed E-state index contributed by atoms with van der Waals surface area (Å²) >= 11 is 0. The molecule has 2 saturated heterocycles. The van der Waals surface area contributed by atoms with Gasteiger partial charge < -0.3 is 14.4 Å². The number of rotatable bonds is 5. The Labute approximate surface area is 159 Å². The van der Waals surface area contributed by atoms with E-state index in [2.05, 4.69) is 6.58 Å². The highest BCUT2D eigenvalue weighted by Crippen LogP contribution is 2.61. The molecule has 28 heavy (non-hydrogen) atoms. The molecular weight excluding hydrogens is 371 g/mol. The number of fused-ring (bicyclic) bond motifs is 1. The Balaban J connectivity index is 1.60. The van der Waals surface area contributed by atoms with Crippen LogP contribution in [0.1, 0.15) is 6.42 Å². The van der Waals surface area contributed by atoms with E-state index in [-0.39, 0.29) is 37.8 Å². The highest BCUT2D eigenvalue weighted by molar-refractivity contribution is 6.33. The number of esters is 1.